The van der Waals surface area contributed by atoms with Gasteiger partial charge in [-0.25, -0.2) is 18.1 Å². The van der Waals surface area contributed by atoms with Gasteiger partial charge in [-0.15, -0.1) is 0 Å². The van der Waals surface area contributed by atoms with Crippen LogP contribution in [0, 0.1) is 0 Å². The van der Waals surface area contributed by atoms with Crippen molar-refractivity contribution >= 4 is 26.8 Å². The Balaban J connectivity index is 1.57. The summed E-state index contributed by atoms with van der Waals surface area (Å²) in [4.78, 5) is 4.79. The summed E-state index contributed by atoms with van der Waals surface area (Å²) in [5.41, 5.74) is 3.44. The van der Waals surface area contributed by atoms with E-state index in [1.54, 1.807) is 18.2 Å². The fourth-order valence-corrected chi connectivity index (χ4v) is 3.72. The zero-order valence-electron chi connectivity index (χ0n) is 14.7. The van der Waals surface area contributed by atoms with Crippen molar-refractivity contribution in [2.45, 2.75) is 36.6 Å². The molecule has 4 rings (SSSR count). The number of benzene rings is 2. The molecule has 0 spiro atoms. The number of nitrogens with one attached hydrogen (secondary N) is 2. The topological polar surface area (TPSA) is 84.2 Å². The molecule has 2 N–H and O–H groups in total. The van der Waals surface area contributed by atoms with Gasteiger partial charge >= 0.3 is 0 Å². The molecule has 3 aromatic rings. The highest BCUT2D eigenvalue weighted by Crippen LogP contribution is 2.40. The smallest absolute Gasteiger partial charge is 0.240 e. The summed E-state index contributed by atoms with van der Waals surface area (Å²) in [6, 6.07) is 12.7. The third-order valence-electron chi connectivity index (χ3n) is 4.65. The molecule has 0 bridgehead atoms. The van der Waals surface area contributed by atoms with Crippen LogP contribution in [-0.4, -0.2) is 20.4 Å². The number of rotatable bonds is 6. The summed E-state index contributed by atoms with van der Waals surface area (Å²) in [5, 5.41) is 3.40. The van der Waals surface area contributed by atoms with E-state index in [0.29, 0.717) is 5.92 Å². The van der Waals surface area contributed by atoms with Crippen molar-refractivity contribution in [3.63, 3.8) is 0 Å². The summed E-state index contributed by atoms with van der Waals surface area (Å²) < 4.78 is 32.2. The molecular formula is C19H21N3O3S. The van der Waals surface area contributed by atoms with Crippen LogP contribution in [0.1, 0.15) is 43.2 Å². The van der Waals surface area contributed by atoms with Crippen LogP contribution in [0.4, 0.5) is 5.69 Å². The lowest BCUT2D eigenvalue weighted by molar-refractivity contribution is 0.533. The first kappa shape index (κ1) is 17.1. The van der Waals surface area contributed by atoms with E-state index in [4.69, 9.17) is 4.42 Å². The lowest BCUT2D eigenvalue weighted by Crippen LogP contribution is -2.19. The Morgan fingerprint density at radius 1 is 1.19 bits per heavy atom. The van der Waals surface area contributed by atoms with Gasteiger partial charge in [0.2, 0.25) is 10.0 Å². The van der Waals surface area contributed by atoms with Gasteiger partial charge in [0.1, 0.15) is 5.52 Å². The average molecular weight is 371 g/mol. The minimum absolute atomic E-state index is 0.0646. The molecule has 7 heteroatoms. The second-order valence-electron chi connectivity index (χ2n) is 6.65. The highest BCUT2D eigenvalue weighted by Gasteiger charge is 2.28. The van der Waals surface area contributed by atoms with Crippen LogP contribution in [0.5, 0.6) is 0 Å². The maximum absolute atomic E-state index is 12.0. The molecule has 1 saturated carbocycles. The standard InChI is InChI=1S/C19H21N3O3S/c1-12(14-4-3-5-16(10-14)26(23,24)20-2)21-15-8-9-17-18(11-15)25-19(22-17)13-6-7-13/h3-5,8-13,20-21H,6-7H2,1-2H3. The van der Waals surface area contributed by atoms with Crippen LogP contribution < -0.4 is 10.0 Å². The summed E-state index contributed by atoms with van der Waals surface area (Å²) in [6.45, 7) is 1.99. The number of sulfonamides is 1. The molecule has 0 amide bonds. The largest absolute Gasteiger partial charge is 0.440 e. The molecule has 0 radical (unpaired) electrons. The Hall–Kier alpha value is -2.38. The monoisotopic (exact) mass is 371 g/mol. The molecular weight excluding hydrogens is 350 g/mol. The minimum Gasteiger partial charge on any atom is -0.440 e. The van der Waals surface area contributed by atoms with Crippen molar-refractivity contribution in [1.29, 1.82) is 0 Å². The van der Waals surface area contributed by atoms with E-state index in [2.05, 4.69) is 15.0 Å². The Labute approximate surface area is 152 Å². The summed E-state index contributed by atoms with van der Waals surface area (Å²) in [7, 11) is -2.05. The van der Waals surface area contributed by atoms with Crippen molar-refractivity contribution in [2.24, 2.45) is 0 Å². The predicted molar refractivity (Wildman–Crippen MR) is 101 cm³/mol. The number of anilines is 1. The molecule has 1 aliphatic carbocycles. The highest BCUT2D eigenvalue weighted by molar-refractivity contribution is 7.89. The number of oxazole rings is 1. The molecule has 26 heavy (non-hydrogen) atoms. The fourth-order valence-electron chi connectivity index (χ4n) is 2.94. The zero-order chi connectivity index (χ0) is 18.3. The number of fused-ring (bicyclic) bond motifs is 1. The number of aromatic nitrogens is 1. The Kier molecular flexibility index (Phi) is 4.20. The second-order valence-corrected chi connectivity index (χ2v) is 8.54. The van der Waals surface area contributed by atoms with Gasteiger partial charge in [-0.3, -0.25) is 0 Å². The van der Waals surface area contributed by atoms with Gasteiger partial charge in [-0.1, -0.05) is 12.1 Å². The maximum Gasteiger partial charge on any atom is 0.240 e. The number of nitrogens with zero attached hydrogens (tertiary/aromatic N) is 1. The van der Waals surface area contributed by atoms with Crippen LogP contribution in [0.15, 0.2) is 51.8 Å². The van der Waals surface area contributed by atoms with Crippen LogP contribution in [0.3, 0.4) is 0 Å². The van der Waals surface area contributed by atoms with Crippen molar-refractivity contribution in [1.82, 2.24) is 9.71 Å². The average Bonchev–Trinajstić information content (AvgIpc) is 3.41. The lowest BCUT2D eigenvalue weighted by atomic mass is 10.1. The predicted octanol–water partition coefficient (Wildman–Crippen LogP) is 3.79. The van der Waals surface area contributed by atoms with Crippen LogP contribution in [0.2, 0.25) is 0 Å². The van der Waals surface area contributed by atoms with E-state index < -0.39 is 10.0 Å². The van der Waals surface area contributed by atoms with Gasteiger partial charge in [-0.2, -0.15) is 0 Å². The normalized spacial score (nSPS) is 15.9. The molecule has 2 aromatic carbocycles. The van der Waals surface area contributed by atoms with Gasteiger partial charge in [-0.05, 0) is 56.6 Å². The minimum atomic E-state index is -3.46. The van der Waals surface area contributed by atoms with E-state index in [0.717, 1.165) is 41.1 Å². The van der Waals surface area contributed by atoms with E-state index in [9.17, 15) is 8.42 Å². The number of hydrogen-bond acceptors (Lipinski definition) is 5. The van der Waals surface area contributed by atoms with E-state index in [1.165, 1.54) is 7.05 Å². The number of hydrogen-bond donors (Lipinski definition) is 2. The Bertz CT molecular complexity index is 1050. The molecule has 1 unspecified atom stereocenters. The Morgan fingerprint density at radius 3 is 2.73 bits per heavy atom. The molecule has 1 atom stereocenters. The van der Waals surface area contributed by atoms with Crippen molar-refractivity contribution in [2.75, 3.05) is 12.4 Å². The second kappa shape index (κ2) is 6.41. The molecule has 0 saturated heterocycles. The first-order chi connectivity index (χ1) is 12.5. The molecule has 6 nitrogen and oxygen atoms in total. The Morgan fingerprint density at radius 2 is 2.00 bits per heavy atom. The third kappa shape index (κ3) is 3.32. The molecule has 1 aliphatic rings. The van der Waals surface area contributed by atoms with Crippen molar-refractivity contribution in [3.05, 3.63) is 53.9 Å². The van der Waals surface area contributed by atoms with Gasteiger partial charge in [0, 0.05) is 23.7 Å². The third-order valence-corrected chi connectivity index (χ3v) is 6.06. The van der Waals surface area contributed by atoms with Crippen LogP contribution in [-0.2, 0) is 10.0 Å². The summed E-state index contributed by atoms with van der Waals surface area (Å²) in [6.07, 6.45) is 2.31. The van der Waals surface area contributed by atoms with Crippen molar-refractivity contribution in [3.8, 4) is 0 Å². The lowest BCUT2D eigenvalue weighted by Gasteiger charge is -2.16. The van der Waals surface area contributed by atoms with E-state index >= 15 is 0 Å². The van der Waals surface area contributed by atoms with Crippen molar-refractivity contribution < 1.29 is 12.8 Å². The van der Waals surface area contributed by atoms with Gasteiger partial charge in [0.15, 0.2) is 11.5 Å². The van der Waals surface area contributed by atoms with Gasteiger partial charge in [0.05, 0.1) is 4.90 Å². The van der Waals surface area contributed by atoms with E-state index in [1.807, 2.05) is 31.2 Å². The molecule has 0 aliphatic heterocycles. The molecule has 1 aromatic heterocycles. The van der Waals surface area contributed by atoms with Crippen LogP contribution >= 0.6 is 0 Å². The first-order valence-corrected chi connectivity index (χ1v) is 10.1. The van der Waals surface area contributed by atoms with Crippen LogP contribution in [0.25, 0.3) is 11.1 Å². The SMILES string of the molecule is CNS(=O)(=O)c1cccc(C(C)Nc2ccc3nc(C4CC4)oc3c2)c1. The molecule has 1 fully saturated rings. The van der Waals surface area contributed by atoms with E-state index in [-0.39, 0.29) is 10.9 Å². The summed E-state index contributed by atoms with van der Waals surface area (Å²) in [5.74, 6) is 1.31. The molecule has 1 heterocycles. The first-order valence-electron chi connectivity index (χ1n) is 8.67. The fraction of sp³-hybridized carbons (Fsp3) is 0.316. The van der Waals surface area contributed by atoms with Gasteiger partial charge < -0.3 is 9.73 Å². The summed E-state index contributed by atoms with van der Waals surface area (Å²) >= 11 is 0. The van der Waals surface area contributed by atoms with Gasteiger partial charge in [0.25, 0.3) is 0 Å². The zero-order valence-corrected chi connectivity index (χ0v) is 15.5. The quantitative estimate of drug-likeness (QED) is 0.689. The highest BCUT2D eigenvalue weighted by atomic mass is 32.2. The molecule has 136 valence electrons. The maximum atomic E-state index is 12.0.